The molecule has 0 aromatic heterocycles. The van der Waals surface area contributed by atoms with Crippen molar-refractivity contribution in [2.24, 2.45) is 11.3 Å². The molecule has 17 heavy (non-hydrogen) atoms. The predicted octanol–water partition coefficient (Wildman–Crippen LogP) is 2.39. The summed E-state index contributed by atoms with van der Waals surface area (Å²) < 4.78 is 5.84. The van der Waals surface area contributed by atoms with Crippen molar-refractivity contribution < 1.29 is 9.84 Å². The van der Waals surface area contributed by atoms with Gasteiger partial charge in [0.25, 0.3) is 0 Å². The van der Waals surface area contributed by atoms with Gasteiger partial charge in [-0.15, -0.1) is 0 Å². The summed E-state index contributed by atoms with van der Waals surface area (Å²) in [5.74, 6) is 0.686. The van der Waals surface area contributed by atoms with E-state index in [-0.39, 0.29) is 12.2 Å². The smallest absolute Gasteiger partial charge is 0.114 e. The maximum absolute atomic E-state index is 11.0. The van der Waals surface area contributed by atoms with Gasteiger partial charge in [-0.1, -0.05) is 6.92 Å². The average molecular weight is 235 g/mol. The first kappa shape index (κ1) is 11.5. The fraction of sp³-hybridized carbons (Fsp3) is 0.929. The van der Waals surface area contributed by atoms with Crippen LogP contribution in [0.4, 0.5) is 0 Å². The molecule has 94 valence electrons. The van der Waals surface area contributed by atoms with Crippen LogP contribution < -0.4 is 0 Å². The molecule has 0 aromatic rings. The number of rotatable bonds is 1. The molecule has 1 aliphatic carbocycles. The van der Waals surface area contributed by atoms with Crippen molar-refractivity contribution in [3.05, 3.63) is 0 Å². The molecule has 2 aliphatic heterocycles. The van der Waals surface area contributed by atoms with Crippen molar-refractivity contribution in [2.75, 3.05) is 0 Å². The van der Waals surface area contributed by atoms with E-state index in [1.54, 1.807) is 0 Å². The summed E-state index contributed by atoms with van der Waals surface area (Å²) in [5, 5.41) is 20.6. The lowest BCUT2D eigenvalue weighted by Gasteiger charge is -2.47. The second-order valence-corrected chi connectivity index (χ2v) is 6.33. The molecule has 3 unspecified atom stereocenters. The highest BCUT2D eigenvalue weighted by molar-refractivity contribution is 5.21. The standard InChI is InChI=1S/C14H21NO2/c1-10-4-6-14(16,7-5-10)13(9-15)8-11-2-3-12(13)17-11/h10-12,16H,2-8H2,1H3. The van der Waals surface area contributed by atoms with Crippen LogP contribution in [0.1, 0.15) is 51.9 Å². The molecule has 2 saturated heterocycles. The zero-order valence-electron chi connectivity index (χ0n) is 10.5. The van der Waals surface area contributed by atoms with Gasteiger partial charge in [-0.2, -0.15) is 5.26 Å². The number of ether oxygens (including phenoxy) is 1. The summed E-state index contributed by atoms with van der Waals surface area (Å²) in [7, 11) is 0. The number of nitrogens with zero attached hydrogens (tertiary/aromatic N) is 1. The summed E-state index contributed by atoms with van der Waals surface area (Å²) in [6.07, 6.45) is 6.60. The Morgan fingerprint density at radius 1 is 1.24 bits per heavy atom. The highest BCUT2D eigenvalue weighted by atomic mass is 16.5. The molecule has 0 aromatic carbocycles. The van der Waals surface area contributed by atoms with E-state index >= 15 is 0 Å². The predicted molar refractivity (Wildman–Crippen MR) is 63.1 cm³/mol. The van der Waals surface area contributed by atoms with E-state index in [0.29, 0.717) is 5.92 Å². The average Bonchev–Trinajstić information content (AvgIpc) is 2.93. The number of hydrogen-bond donors (Lipinski definition) is 1. The van der Waals surface area contributed by atoms with Crippen LogP contribution in [0.3, 0.4) is 0 Å². The van der Waals surface area contributed by atoms with Crippen LogP contribution in [-0.4, -0.2) is 22.9 Å². The summed E-state index contributed by atoms with van der Waals surface area (Å²) >= 11 is 0. The molecule has 3 aliphatic rings. The molecule has 2 heterocycles. The summed E-state index contributed by atoms with van der Waals surface area (Å²) in [5.41, 5.74) is -1.41. The third-order valence-corrected chi connectivity index (χ3v) is 5.34. The summed E-state index contributed by atoms with van der Waals surface area (Å²) in [6, 6.07) is 2.46. The molecule has 1 N–H and O–H groups in total. The lowest BCUT2D eigenvalue weighted by molar-refractivity contribution is -0.113. The van der Waals surface area contributed by atoms with Gasteiger partial charge in [-0.05, 0) is 50.9 Å². The van der Waals surface area contributed by atoms with Gasteiger partial charge >= 0.3 is 0 Å². The molecule has 3 nitrogen and oxygen atoms in total. The van der Waals surface area contributed by atoms with Gasteiger partial charge in [0.2, 0.25) is 0 Å². The van der Waals surface area contributed by atoms with Gasteiger partial charge in [0.05, 0.1) is 23.9 Å². The van der Waals surface area contributed by atoms with Crippen LogP contribution in [0.25, 0.3) is 0 Å². The van der Waals surface area contributed by atoms with Crippen LogP contribution in [0.2, 0.25) is 0 Å². The highest BCUT2D eigenvalue weighted by Crippen LogP contribution is 2.57. The quantitative estimate of drug-likeness (QED) is 0.759. The first-order valence-corrected chi connectivity index (χ1v) is 6.89. The minimum Gasteiger partial charge on any atom is -0.388 e. The Bertz CT molecular complexity index is 354. The van der Waals surface area contributed by atoms with Gasteiger partial charge in [0, 0.05) is 0 Å². The number of hydrogen-bond acceptors (Lipinski definition) is 3. The topological polar surface area (TPSA) is 53.2 Å². The van der Waals surface area contributed by atoms with Gasteiger partial charge in [-0.25, -0.2) is 0 Å². The Morgan fingerprint density at radius 3 is 2.41 bits per heavy atom. The molecule has 3 fully saturated rings. The molecule has 0 spiro atoms. The van der Waals surface area contributed by atoms with Gasteiger partial charge < -0.3 is 9.84 Å². The fourth-order valence-electron chi connectivity index (χ4n) is 4.11. The monoisotopic (exact) mass is 235 g/mol. The summed E-state index contributed by atoms with van der Waals surface area (Å²) in [4.78, 5) is 0. The van der Waals surface area contributed by atoms with E-state index < -0.39 is 11.0 Å². The Kier molecular flexibility index (Phi) is 2.50. The Morgan fingerprint density at radius 2 is 1.94 bits per heavy atom. The molecule has 3 heteroatoms. The van der Waals surface area contributed by atoms with E-state index in [4.69, 9.17) is 4.74 Å². The van der Waals surface area contributed by atoms with Crippen LogP contribution in [0.15, 0.2) is 0 Å². The van der Waals surface area contributed by atoms with Gasteiger partial charge in [0.1, 0.15) is 5.41 Å². The van der Waals surface area contributed by atoms with Crippen LogP contribution in [0.5, 0.6) is 0 Å². The lowest BCUT2D eigenvalue weighted by Crippen LogP contribution is -2.54. The minimum absolute atomic E-state index is 0.0177. The Hall–Kier alpha value is -0.590. The van der Waals surface area contributed by atoms with Crippen molar-refractivity contribution in [3.63, 3.8) is 0 Å². The van der Waals surface area contributed by atoms with Gasteiger partial charge in [0.15, 0.2) is 0 Å². The normalized spacial score (nSPS) is 53.6. The van der Waals surface area contributed by atoms with Crippen molar-refractivity contribution in [2.45, 2.75) is 69.7 Å². The third kappa shape index (κ3) is 1.47. The highest BCUT2D eigenvalue weighted by Gasteiger charge is 2.63. The molecule has 0 radical (unpaired) electrons. The maximum atomic E-state index is 11.0. The number of aliphatic hydroxyl groups is 1. The Labute approximate surface area is 103 Å². The zero-order chi connectivity index (χ0) is 12.1. The second kappa shape index (κ2) is 3.70. The largest absolute Gasteiger partial charge is 0.388 e. The second-order valence-electron chi connectivity index (χ2n) is 6.33. The van der Waals surface area contributed by atoms with E-state index in [9.17, 15) is 10.4 Å². The van der Waals surface area contributed by atoms with Crippen molar-refractivity contribution >= 4 is 0 Å². The Balaban J connectivity index is 1.89. The van der Waals surface area contributed by atoms with E-state index in [0.717, 1.165) is 44.9 Å². The number of nitriles is 1. The van der Waals surface area contributed by atoms with Crippen molar-refractivity contribution in [1.29, 1.82) is 5.26 Å². The molecule has 1 saturated carbocycles. The minimum atomic E-state index is -0.798. The zero-order valence-corrected chi connectivity index (χ0v) is 10.5. The van der Waals surface area contributed by atoms with E-state index in [1.165, 1.54) is 0 Å². The molecule has 3 rings (SSSR count). The molecule has 3 atom stereocenters. The van der Waals surface area contributed by atoms with Crippen LogP contribution in [-0.2, 0) is 4.74 Å². The van der Waals surface area contributed by atoms with Crippen LogP contribution >= 0.6 is 0 Å². The summed E-state index contributed by atoms with van der Waals surface area (Å²) in [6.45, 7) is 2.23. The third-order valence-electron chi connectivity index (χ3n) is 5.34. The lowest BCUT2D eigenvalue weighted by atomic mass is 9.58. The molecular formula is C14H21NO2. The van der Waals surface area contributed by atoms with Crippen LogP contribution in [0, 0.1) is 22.7 Å². The van der Waals surface area contributed by atoms with E-state index in [2.05, 4.69) is 13.0 Å². The fourth-order valence-corrected chi connectivity index (χ4v) is 4.11. The first-order valence-electron chi connectivity index (χ1n) is 6.89. The van der Waals surface area contributed by atoms with E-state index in [1.807, 2.05) is 0 Å². The SMILES string of the molecule is CC1CCC(O)(C2(C#N)CC3CCC2O3)CC1. The molecule has 2 bridgehead atoms. The molecular weight excluding hydrogens is 214 g/mol. The van der Waals surface area contributed by atoms with Gasteiger partial charge in [-0.3, -0.25) is 0 Å². The maximum Gasteiger partial charge on any atom is 0.114 e. The molecule has 0 amide bonds. The number of fused-ring (bicyclic) bond motifs is 2. The first-order chi connectivity index (χ1) is 8.10. The van der Waals surface area contributed by atoms with Crippen molar-refractivity contribution in [3.8, 4) is 6.07 Å². The van der Waals surface area contributed by atoms with Crippen molar-refractivity contribution in [1.82, 2.24) is 0 Å².